The highest BCUT2D eigenvalue weighted by atomic mass is 32.1. The molecule has 5 nitrogen and oxygen atoms in total. The third kappa shape index (κ3) is 2.91. The summed E-state index contributed by atoms with van der Waals surface area (Å²) >= 11 is 1.56. The van der Waals surface area contributed by atoms with E-state index in [1.165, 1.54) is 18.8 Å². The molecule has 1 unspecified atom stereocenters. The molecule has 1 atom stereocenters. The summed E-state index contributed by atoms with van der Waals surface area (Å²) in [5.74, 6) is -0.500. The molecule has 0 saturated carbocycles. The summed E-state index contributed by atoms with van der Waals surface area (Å²) < 4.78 is 10.9. The molecule has 0 aromatic carbocycles. The summed E-state index contributed by atoms with van der Waals surface area (Å²) in [5.41, 5.74) is 0.832. The monoisotopic (exact) mass is 293 g/mol. The Morgan fingerprint density at radius 3 is 3.10 bits per heavy atom. The van der Waals surface area contributed by atoms with Crippen LogP contribution in [-0.4, -0.2) is 28.8 Å². The van der Waals surface area contributed by atoms with Gasteiger partial charge in [-0.05, 0) is 19.3 Å². The summed E-state index contributed by atoms with van der Waals surface area (Å²) in [5, 5.41) is 11.8. The van der Waals surface area contributed by atoms with Crippen LogP contribution in [0.5, 0.6) is 0 Å². The number of furan rings is 1. The normalized spacial score (nSPS) is 19.1. The van der Waals surface area contributed by atoms with Crippen molar-refractivity contribution in [2.45, 2.75) is 31.8 Å². The van der Waals surface area contributed by atoms with E-state index < -0.39 is 5.97 Å². The van der Waals surface area contributed by atoms with Crippen molar-refractivity contribution in [1.82, 2.24) is 4.98 Å². The minimum atomic E-state index is -0.994. The number of hydrogen-bond acceptors (Lipinski definition) is 5. The molecule has 0 spiro atoms. The van der Waals surface area contributed by atoms with Gasteiger partial charge >= 0.3 is 5.97 Å². The van der Waals surface area contributed by atoms with E-state index in [0.717, 1.165) is 30.9 Å². The number of ether oxygens (including phenoxy) is 1. The fourth-order valence-electron chi connectivity index (χ4n) is 2.26. The zero-order chi connectivity index (χ0) is 13.9. The van der Waals surface area contributed by atoms with Crippen LogP contribution in [0.2, 0.25) is 0 Å². The number of aromatic nitrogens is 1. The quantitative estimate of drug-likeness (QED) is 0.937. The summed E-state index contributed by atoms with van der Waals surface area (Å²) in [6, 6.07) is 1.50. The molecule has 1 saturated heterocycles. The van der Waals surface area contributed by atoms with Crippen LogP contribution in [-0.2, 0) is 11.2 Å². The molecular weight excluding hydrogens is 278 g/mol. The summed E-state index contributed by atoms with van der Waals surface area (Å²) in [6.07, 6.45) is 5.75. The summed E-state index contributed by atoms with van der Waals surface area (Å²) in [4.78, 5) is 15.3. The van der Waals surface area contributed by atoms with Gasteiger partial charge < -0.3 is 14.3 Å². The Bertz CT molecular complexity index is 598. The van der Waals surface area contributed by atoms with Gasteiger partial charge in [-0.2, -0.15) is 0 Å². The van der Waals surface area contributed by atoms with Gasteiger partial charge in [0.2, 0.25) is 0 Å². The first kappa shape index (κ1) is 13.3. The number of nitrogens with zero attached hydrogens (tertiary/aromatic N) is 1. The van der Waals surface area contributed by atoms with Crippen LogP contribution in [0.1, 0.15) is 34.6 Å². The predicted octanol–water partition coefficient (Wildman–Crippen LogP) is 3.21. The van der Waals surface area contributed by atoms with Crippen LogP contribution < -0.4 is 0 Å². The lowest BCUT2D eigenvalue weighted by molar-refractivity contribution is 0.0168. The van der Waals surface area contributed by atoms with Crippen LogP contribution >= 0.6 is 11.3 Å². The molecule has 0 radical (unpaired) electrons. The van der Waals surface area contributed by atoms with Crippen LogP contribution in [0.4, 0.5) is 0 Å². The summed E-state index contributed by atoms with van der Waals surface area (Å²) in [6.45, 7) is 0.836. The molecule has 20 heavy (non-hydrogen) atoms. The first-order valence-electron chi connectivity index (χ1n) is 6.60. The topological polar surface area (TPSA) is 72.6 Å². The van der Waals surface area contributed by atoms with E-state index in [1.807, 2.05) is 5.38 Å². The molecule has 106 valence electrons. The highest BCUT2D eigenvalue weighted by molar-refractivity contribution is 7.09. The predicted molar refractivity (Wildman–Crippen MR) is 74.1 cm³/mol. The van der Waals surface area contributed by atoms with E-state index >= 15 is 0 Å². The number of hydrogen-bond donors (Lipinski definition) is 1. The van der Waals surface area contributed by atoms with Crippen molar-refractivity contribution < 1.29 is 19.1 Å². The first-order chi connectivity index (χ1) is 9.72. The second-order valence-corrected chi connectivity index (χ2v) is 5.77. The highest BCUT2D eigenvalue weighted by Crippen LogP contribution is 2.26. The minimum Gasteiger partial charge on any atom is -0.478 e. The Balaban J connectivity index is 1.70. The number of aromatic carboxylic acids is 1. The van der Waals surface area contributed by atoms with Gasteiger partial charge in [-0.25, -0.2) is 9.78 Å². The molecule has 1 aliphatic heterocycles. The molecule has 1 aliphatic rings. The fourth-order valence-corrected chi connectivity index (χ4v) is 3.11. The number of rotatable bonds is 4. The lowest BCUT2D eigenvalue weighted by Crippen LogP contribution is -2.21. The zero-order valence-corrected chi connectivity index (χ0v) is 11.7. The van der Waals surface area contributed by atoms with Gasteiger partial charge in [0.1, 0.15) is 12.0 Å². The maximum absolute atomic E-state index is 10.8. The molecule has 3 rings (SSSR count). The van der Waals surface area contributed by atoms with Gasteiger partial charge in [0, 0.05) is 24.5 Å². The third-order valence-electron chi connectivity index (χ3n) is 3.33. The average Bonchev–Trinajstić information content (AvgIpc) is 3.08. The molecule has 2 aromatic heterocycles. The third-order valence-corrected chi connectivity index (χ3v) is 4.20. The van der Waals surface area contributed by atoms with E-state index in [2.05, 4.69) is 4.98 Å². The van der Waals surface area contributed by atoms with Crippen LogP contribution in [0.15, 0.2) is 22.1 Å². The molecule has 0 bridgehead atoms. The number of carboxylic acids is 1. The van der Waals surface area contributed by atoms with E-state index in [-0.39, 0.29) is 11.7 Å². The van der Waals surface area contributed by atoms with Crippen molar-refractivity contribution in [3.05, 3.63) is 28.3 Å². The Kier molecular flexibility index (Phi) is 3.84. The van der Waals surface area contributed by atoms with E-state index in [4.69, 9.17) is 14.3 Å². The molecule has 1 N–H and O–H groups in total. The second kappa shape index (κ2) is 5.76. The van der Waals surface area contributed by atoms with Gasteiger partial charge in [-0.3, -0.25) is 0 Å². The van der Waals surface area contributed by atoms with Crippen LogP contribution in [0.3, 0.4) is 0 Å². The Labute approximate surface area is 120 Å². The Morgan fingerprint density at radius 1 is 1.50 bits per heavy atom. The Morgan fingerprint density at radius 2 is 2.40 bits per heavy atom. The molecule has 0 aliphatic carbocycles. The van der Waals surface area contributed by atoms with Gasteiger partial charge in [-0.1, -0.05) is 0 Å². The number of carbonyl (C=O) groups is 1. The van der Waals surface area contributed by atoms with Crippen molar-refractivity contribution >= 4 is 17.3 Å². The maximum atomic E-state index is 10.8. The van der Waals surface area contributed by atoms with Crippen molar-refractivity contribution in [1.29, 1.82) is 0 Å². The standard InChI is InChI=1S/C14H15NO4S/c16-14(17)9-5-12(19-7-9)11-8-20-13(15-11)6-10-3-1-2-4-18-10/h5,7-8,10H,1-4,6H2,(H,16,17). The number of thiazole rings is 1. The lowest BCUT2D eigenvalue weighted by Gasteiger charge is -2.21. The number of carboxylic acid groups (broad SMARTS) is 1. The van der Waals surface area contributed by atoms with Crippen LogP contribution in [0.25, 0.3) is 11.5 Å². The Hall–Kier alpha value is -1.66. The van der Waals surface area contributed by atoms with E-state index in [9.17, 15) is 4.79 Å². The minimum absolute atomic E-state index is 0.144. The lowest BCUT2D eigenvalue weighted by atomic mass is 10.1. The van der Waals surface area contributed by atoms with Crippen LogP contribution in [0, 0.1) is 0 Å². The molecule has 0 amide bonds. The largest absolute Gasteiger partial charge is 0.478 e. The van der Waals surface area contributed by atoms with Crippen molar-refractivity contribution in [3.8, 4) is 11.5 Å². The molecular formula is C14H15NO4S. The van der Waals surface area contributed by atoms with Gasteiger partial charge in [-0.15, -0.1) is 11.3 Å². The zero-order valence-electron chi connectivity index (χ0n) is 10.9. The maximum Gasteiger partial charge on any atom is 0.338 e. The van der Waals surface area contributed by atoms with Gasteiger partial charge in [0.05, 0.1) is 16.7 Å². The van der Waals surface area contributed by atoms with Crippen molar-refractivity contribution in [2.75, 3.05) is 6.61 Å². The molecule has 2 aromatic rings. The van der Waals surface area contributed by atoms with E-state index in [0.29, 0.717) is 11.5 Å². The molecule has 1 fully saturated rings. The summed E-state index contributed by atoms with van der Waals surface area (Å²) in [7, 11) is 0. The SMILES string of the molecule is O=C(O)c1coc(-c2csc(CC3CCCCO3)n2)c1. The van der Waals surface area contributed by atoms with E-state index in [1.54, 1.807) is 11.3 Å². The fraction of sp³-hybridized carbons (Fsp3) is 0.429. The second-order valence-electron chi connectivity index (χ2n) is 4.82. The molecule has 3 heterocycles. The average molecular weight is 293 g/mol. The van der Waals surface area contributed by atoms with Crippen molar-refractivity contribution in [2.24, 2.45) is 0 Å². The highest BCUT2D eigenvalue weighted by Gasteiger charge is 2.17. The van der Waals surface area contributed by atoms with Gasteiger partial charge in [0.15, 0.2) is 5.76 Å². The van der Waals surface area contributed by atoms with Gasteiger partial charge in [0.25, 0.3) is 0 Å². The molecule has 6 heteroatoms. The smallest absolute Gasteiger partial charge is 0.338 e. The first-order valence-corrected chi connectivity index (χ1v) is 7.48. The van der Waals surface area contributed by atoms with Crippen molar-refractivity contribution in [3.63, 3.8) is 0 Å².